The molecule has 42 heavy (non-hydrogen) atoms. The van der Waals surface area contributed by atoms with Gasteiger partial charge in [-0.1, -0.05) is 60.7 Å². The van der Waals surface area contributed by atoms with Gasteiger partial charge in [-0.15, -0.1) is 0 Å². The number of rotatable bonds is 14. The largest absolute Gasteiger partial charge is 0.362 e. The first-order valence-electron chi connectivity index (χ1n) is 13.8. The van der Waals surface area contributed by atoms with Crippen molar-refractivity contribution in [2.24, 2.45) is 4.99 Å². The summed E-state index contributed by atoms with van der Waals surface area (Å²) in [6.45, 7) is 10.8. The summed E-state index contributed by atoms with van der Waals surface area (Å²) in [5.41, 5.74) is 5.24. The molecule has 10 nitrogen and oxygen atoms in total. The molecule has 3 N–H and O–H groups in total. The van der Waals surface area contributed by atoms with Crippen LogP contribution in [0.5, 0.6) is 0 Å². The fraction of sp³-hybridized carbons (Fsp3) is 0.406. The lowest BCUT2D eigenvalue weighted by Crippen LogP contribution is -2.48. The fourth-order valence-corrected chi connectivity index (χ4v) is 3.94. The molecule has 0 amide bonds. The quantitative estimate of drug-likeness (QED) is 0.229. The van der Waals surface area contributed by atoms with Gasteiger partial charge in [-0.2, -0.15) is 11.0 Å². The van der Waals surface area contributed by atoms with Crippen LogP contribution in [0.4, 0.5) is 0 Å². The van der Waals surface area contributed by atoms with Gasteiger partial charge in [0.25, 0.3) is 0 Å². The molecule has 0 saturated carbocycles. The molecule has 0 aromatic heterocycles. The lowest BCUT2D eigenvalue weighted by molar-refractivity contribution is -0.143. The molecule has 0 unspecified atom stereocenters. The number of carbonyl (C=O) groups excluding carboxylic acids is 4. The SMILES string of the molecule is CC(C)(C)ON[C@@H](Cc1ccccc1)C(=O)C(=O)C1=C(C(=O)C(=O)[C@H](Cc2ccccc2)NOC(C)(C)C)NCN=C1. The molecular weight excluding hydrogens is 536 g/mol. The Morgan fingerprint density at radius 2 is 1.17 bits per heavy atom. The van der Waals surface area contributed by atoms with E-state index in [2.05, 4.69) is 21.3 Å². The first-order chi connectivity index (χ1) is 19.7. The Labute approximate surface area is 246 Å². The van der Waals surface area contributed by atoms with Crippen molar-refractivity contribution < 1.29 is 28.9 Å². The molecule has 2 atom stereocenters. The van der Waals surface area contributed by atoms with Crippen LogP contribution in [0.1, 0.15) is 52.7 Å². The summed E-state index contributed by atoms with van der Waals surface area (Å²) in [4.78, 5) is 69.6. The van der Waals surface area contributed by atoms with E-state index in [1.807, 2.05) is 60.7 Å². The second-order valence-electron chi connectivity index (χ2n) is 12.0. The summed E-state index contributed by atoms with van der Waals surface area (Å²) in [5, 5.41) is 2.74. The average molecular weight is 577 g/mol. The molecule has 0 fully saturated rings. The lowest BCUT2D eigenvalue weighted by atomic mass is 9.93. The van der Waals surface area contributed by atoms with Crippen LogP contribution in [0.25, 0.3) is 0 Å². The first-order valence-corrected chi connectivity index (χ1v) is 13.8. The zero-order chi connectivity index (χ0) is 30.9. The van der Waals surface area contributed by atoms with Gasteiger partial charge in [-0.25, -0.2) is 0 Å². The van der Waals surface area contributed by atoms with Gasteiger partial charge in [0.1, 0.15) is 24.4 Å². The van der Waals surface area contributed by atoms with Gasteiger partial charge >= 0.3 is 0 Å². The van der Waals surface area contributed by atoms with Crippen LogP contribution in [-0.2, 0) is 41.7 Å². The molecule has 0 radical (unpaired) electrons. The molecule has 0 bridgehead atoms. The monoisotopic (exact) mass is 576 g/mol. The van der Waals surface area contributed by atoms with Crippen molar-refractivity contribution in [2.75, 3.05) is 6.67 Å². The second-order valence-corrected chi connectivity index (χ2v) is 12.0. The van der Waals surface area contributed by atoms with Crippen molar-refractivity contribution in [1.82, 2.24) is 16.3 Å². The zero-order valence-electron chi connectivity index (χ0n) is 25.0. The summed E-state index contributed by atoms with van der Waals surface area (Å²) in [5.74, 6) is -3.58. The van der Waals surface area contributed by atoms with Crippen LogP contribution < -0.4 is 16.3 Å². The van der Waals surface area contributed by atoms with Crippen LogP contribution in [0.2, 0.25) is 0 Å². The van der Waals surface area contributed by atoms with Gasteiger partial charge in [-0.05, 0) is 65.5 Å². The Hall–Kier alpha value is -3.83. The van der Waals surface area contributed by atoms with Gasteiger partial charge in [0.15, 0.2) is 0 Å². The Balaban J connectivity index is 1.90. The number of ketones is 4. The summed E-state index contributed by atoms with van der Waals surface area (Å²) in [6, 6.07) is 16.2. The Kier molecular flexibility index (Phi) is 11.2. The van der Waals surface area contributed by atoms with Crippen LogP contribution >= 0.6 is 0 Å². The van der Waals surface area contributed by atoms with E-state index in [0.29, 0.717) is 0 Å². The summed E-state index contributed by atoms with van der Waals surface area (Å²) in [7, 11) is 0. The van der Waals surface area contributed by atoms with E-state index in [4.69, 9.17) is 9.68 Å². The highest BCUT2D eigenvalue weighted by Crippen LogP contribution is 2.16. The minimum atomic E-state index is -1.05. The van der Waals surface area contributed by atoms with Crippen LogP contribution in [-0.4, -0.2) is 59.3 Å². The zero-order valence-corrected chi connectivity index (χ0v) is 25.0. The molecule has 10 heteroatoms. The molecule has 1 aliphatic heterocycles. The van der Waals surface area contributed by atoms with Gasteiger partial charge < -0.3 is 5.32 Å². The van der Waals surface area contributed by atoms with Crippen molar-refractivity contribution in [1.29, 1.82) is 0 Å². The molecule has 0 saturated heterocycles. The summed E-state index contributed by atoms with van der Waals surface area (Å²) < 4.78 is 0. The van der Waals surface area contributed by atoms with Crippen molar-refractivity contribution in [3.05, 3.63) is 83.1 Å². The van der Waals surface area contributed by atoms with E-state index < -0.39 is 46.4 Å². The maximum Gasteiger partial charge on any atom is 0.247 e. The predicted octanol–water partition coefficient (Wildman–Crippen LogP) is 3.01. The Morgan fingerprint density at radius 3 is 1.60 bits per heavy atom. The van der Waals surface area contributed by atoms with Crippen LogP contribution in [0.3, 0.4) is 0 Å². The number of nitrogens with zero attached hydrogens (tertiary/aromatic N) is 1. The van der Waals surface area contributed by atoms with Gasteiger partial charge in [-0.3, -0.25) is 33.8 Å². The number of hydrogen-bond donors (Lipinski definition) is 3. The first kappa shape index (κ1) is 32.7. The number of hydrogen-bond acceptors (Lipinski definition) is 10. The predicted molar refractivity (Wildman–Crippen MR) is 159 cm³/mol. The smallest absolute Gasteiger partial charge is 0.247 e. The highest BCUT2D eigenvalue weighted by atomic mass is 16.7. The van der Waals surface area contributed by atoms with E-state index in [-0.39, 0.29) is 30.8 Å². The highest BCUT2D eigenvalue weighted by Gasteiger charge is 2.36. The van der Waals surface area contributed by atoms with Crippen molar-refractivity contribution >= 4 is 29.3 Å². The molecule has 1 aliphatic rings. The maximum absolute atomic E-state index is 13.6. The number of Topliss-reactive ketones (excluding diaryl/α,β-unsaturated/α-hetero) is 4. The number of aliphatic imine (C=N–C) groups is 1. The lowest BCUT2D eigenvalue weighted by Gasteiger charge is -2.25. The molecule has 2 aromatic carbocycles. The molecule has 0 aliphatic carbocycles. The van der Waals surface area contributed by atoms with Crippen molar-refractivity contribution in [3.8, 4) is 0 Å². The van der Waals surface area contributed by atoms with Gasteiger partial charge in [0.05, 0.1) is 16.8 Å². The minimum absolute atomic E-state index is 0.0343. The van der Waals surface area contributed by atoms with E-state index in [9.17, 15) is 19.2 Å². The molecule has 224 valence electrons. The Bertz CT molecular complexity index is 1320. The number of hydroxylamine groups is 2. The van der Waals surface area contributed by atoms with Gasteiger partial charge in [0, 0.05) is 6.21 Å². The number of benzene rings is 2. The maximum atomic E-state index is 13.6. The number of carbonyl (C=O) groups is 4. The van der Waals surface area contributed by atoms with E-state index >= 15 is 0 Å². The number of allylic oxidation sites excluding steroid dienone is 2. The Morgan fingerprint density at radius 1 is 0.738 bits per heavy atom. The highest BCUT2D eigenvalue weighted by molar-refractivity contribution is 6.53. The molecule has 0 spiro atoms. The normalized spacial score (nSPS) is 15.1. The fourth-order valence-electron chi connectivity index (χ4n) is 3.94. The topological polar surface area (TPSA) is 135 Å². The average Bonchev–Trinajstić information content (AvgIpc) is 2.96. The summed E-state index contributed by atoms with van der Waals surface area (Å²) in [6.07, 6.45) is 1.49. The summed E-state index contributed by atoms with van der Waals surface area (Å²) >= 11 is 0. The van der Waals surface area contributed by atoms with E-state index in [0.717, 1.165) is 17.3 Å². The van der Waals surface area contributed by atoms with Crippen LogP contribution in [0.15, 0.2) is 76.9 Å². The molecule has 3 rings (SSSR count). The standard InChI is InChI=1S/C32H40N4O6/c1-31(2,3)41-35-24(17-21-13-9-7-10-14-21)28(38)27(37)23-19-33-20-34-26(23)30(40)29(39)25(36-42-32(4,5)6)18-22-15-11-8-12-16-22/h7-16,19,24-25,34-36H,17-18,20H2,1-6H3/t24-,25-/m0/s1. The van der Waals surface area contributed by atoms with Crippen LogP contribution in [0, 0.1) is 0 Å². The minimum Gasteiger partial charge on any atom is -0.362 e. The third-order valence-corrected chi connectivity index (χ3v) is 5.97. The molecule has 2 aromatic rings. The third kappa shape index (κ3) is 9.92. The second kappa shape index (κ2) is 14.4. The van der Waals surface area contributed by atoms with Crippen molar-refractivity contribution in [2.45, 2.75) is 77.7 Å². The van der Waals surface area contributed by atoms with Crippen molar-refractivity contribution in [3.63, 3.8) is 0 Å². The number of nitrogens with one attached hydrogen (secondary N) is 3. The molecular formula is C32H40N4O6. The van der Waals surface area contributed by atoms with Gasteiger partial charge in [0.2, 0.25) is 23.1 Å². The van der Waals surface area contributed by atoms with E-state index in [1.54, 1.807) is 41.5 Å². The third-order valence-electron chi connectivity index (χ3n) is 5.97. The van der Waals surface area contributed by atoms with E-state index in [1.165, 1.54) is 0 Å². The molecule has 1 heterocycles.